The largest absolute Gasteiger partial charge is 0.393 e. The van der Waals surface area contributed by atoms with Crippen LogP contribution in [-0.2, 0) is 4.84 Å². The Kier molecular flexibility index (Phi) is 6.17. The molecule has 4 heteroatoms. The van der Waals surface area contributed by atoms with Gasteiger partial charge in [0, 0.05) is 12.1 Å². The molecule has 1 rings (SSSR count). The Morgan fingerprint density at radius 3 is 2.70 bits per heavy atom. The molecular weight excluding hydrogens is 252 g/mol. The molecule has 0 saturated carbocycles. The smallest absolute Gasteiger partial charge is 0.144 e. The van der Waals surface area contributed by atoms with Gasteiger partial charge in [0.15, 0.2) is 0 Å². The third-order valence-electron chi connectivity index (χ3n) is 2.77. The van der Waals surface area contributed by atoms with Gasteiger partial charge in [-0.25, -0.2) is 0 Å². The summed E-state index contributed by atoms with van der Waals surface area (Å²) in [4.78, 5) is 5.21. The third-order valence-corrected chi connectivity index (χ3v) is 2.77. The zero-order valence-corrected chi connectivity index (χ0v) is 13.1. The molecule has 112 valence electrons. The molecule has 0 heterocycles. The van der Waals surface area contributed by atoms with E-state index >= 15 is 0 Å². The SMILES string of the molecule is C/C(=N\OCC(O)CNC(C)(C)C)c1cccc(C)c1. The summed E-state index contributed by atoms with van der Waals surface area (Å²) in [6, 6.07) is 8.08. The van der Waals surface area contributed by atoms with Gasteiger partial charge >= 0.3 is 0 Å². The van der Waals surface area contributed by atoms with Crippen molar-refractivity contribution in [2.45, 2.75) is 46.3 Å². The van der Waals surface area contributed by atoms with Crippen molar-refractivity contribution < 1.29 is 9.94 Å². The molecule has 4 nitrogen and oxygen atoms in total. The van der Waals surface area contributed by atoms with E-state index in [9.17, 15) is 5.11 Å². The van der Waals surface area contributed by atoms with Crippen LogP contribution in [0.25, 0.3) is 0 Å². The first kappa shape index (κ1) is 16.7. The summed E-state index contributed by atoms with van der Waals surface area (Å²) < 4.78 is 0. The standard InChI is InChI=1S/C16H26N2O2/c1-12-7-6-8-14(9-12)13(2)18-20-11-15(19)10-17-16(3,4)5/h6-9,15,17,19H,10-11H2,1-5H3/b18-13+. The lowest BCUT2D eigenvalue weighted by Gasteiger charge is -2.22. The topological polar surface area (TPSA) is 53.9 Å². The number of rotatable bonds is 6. The van der Waals surface area contributed by atoms with E-state index in [4.69, 9.17) is 4.84 Å². The van der Waals surface area contributed by atoms with Crippen molar-refractivity contribution in [1.29, 1.82) is 0 Å². The Balaban J connectivity index is 2.40. The maximum absolute atomic E-state index is 9.78. The molecule has 0 saturated heterocycles. The second kappa shape index (κ2) is 7.41. The fourth-order valence-corrected chi connectivity index (χ4v) is 1.63. The van der Waals surface area contributed by atoms with Crippen LogP contribution in [-0.4, -0.2) is 35.6 Å². The predicted octanol–water partition coefficient (Wildman–Crippen LogP) is 2.48. The van der Waals surface area contributed by atoms with Crippen molar-refractivity contribution in [2.24, 2.45) is 5.16 Å². The van der Waals surface area contributed by atoms with Crippen LogP contribution < -0.4 is 5.32 Å². The first-order valence-corrected chi connectivity index (χ1v) is 6.94. The molecule has 0 aromatic heterocycles. The molecule has 0 bridgehead atoms. The molecule has 1 unspecified atom stereocenters. The second-order valence-electron chi connectivity index (χ2n) is 6.13. The van der Waals surface area contributed by atoms with Crippen molar-refractivity contribution in [2.75, 3.05) is 13.2 Å². The molecule has 0 aliphatic heterocycles. The summed E-state index contributed by atoms with van der Waals surface area (Å²) in [6.45, 7) is 10.8. The highest BCUT2D eigenvalue weighted by atomic mass is 16.6. The average molecular weight is 278 g/mol. The van der Waals surface area contributed by atoms with Gasteiger partial charge in [-0.1, -0.05) is 35.0 Å². The van der Waals surface area contributed by atoms with Crippen LogP contribution in [0.3, 0.4) is 0 Å². The van der Waals surface area contributed by atoms with Crippen molar-refractivity contribution >= 4 is 5.71 Å². The van der Waals surface area contributed by atoms with Gasteiger partial charge in [0.2, 0.25) is 0 Å². The lowest BCUT2D eigenvalue weighted by atomic mass is 10.1. The summed E-state index contributed by atoms with van der Waals surface area (Å²) in [5.74, 6) is 0. The van der Waals surface area contributed by atoms with Gasteiger partial charge in [-0.3, -0.25) is 0 Å². The van der Waals surface area contributed by atoms with Crippen molar-refractivity contribution in [3.05, 3.63) is 35.4 Å². The first-order chi connectivity index (χ1) is 9.28. The van der Waals surface area contributed by atoms with E-state index in [1.165, 1.54) is 5.56 Å². The van der Waals surface area contributed by atoms with Crippen LogP contribution in [0.15, 0.2) is 29.4 Å². The van der Waals surface area contributed by atoms with E-state index in [2.05, 4.69) is 37.3 Å². The van der Waals surface area contributed by atoms with E-state index in [0.717, 1.165) is 11.3 Å². The van der Waals surface area contributed by atoms with E-state index in [-0.39, 0.29) is 12.1 Å². The molecule has 0 amide bonds. The lowest BCUT2D eigenvalue weighted by molar-refractivity contribution is 0.0373. The number of aliphatic hydroxyl groups excluding tert-OH is 1. The van der Waals surface area contributed by atoms with Gasteiger partial charge in [0.1, 0.15) is 12.7 Å². The van der Waals surface area contributed by atoms with E-state index < -0.39 is 6.10 Å². The monoisotopic (exact) mass is 278 g/mol. The van der Waals surface area contributed by atoms with Crippen molar-refractivity contribution in [3.8, 4) is 0 Å². The highest BCUT2D eigenvalue weighted by molar-refractivity contribution is 5.98. The summed E-state index contributed by atoms with van der Waals surface area (Å²) >= 11 is 0. The van der Waals surface area contributed by atoms with Gasteiger partial charge in [-0.2, -0.15) is 0 Å². The molecule has 0 aliphatic rings. The van der Waals surface area contributed by atoms with Crippen LogP contribution in [0.4, 0.5) is 0 Å². The molecule has 1 atom stereocenters. The minimum absolute atomic E-state index is 0.0122. The van der Waals surface area contributed by atoms with Crippen LogP contribution in [0.5, 0.6) is 0 Å². The summed E-state index contributed by atoms with van der Waals surface area (Å²) in [7, 11) is 0. The molecule has 0 radical (unpaired) electrons. The fraction of sp³-hybridized carbons (Fsp3) is 0.562. The van der Waals surface area contributed by atoms with Crippen LogP contribution in [0, 0.1) is 6.92 Å². The quantitative estimate of drug-likeness (QED) is 0.621. The molecule has 2 N–H and O–H groups in total. The van der Waals surface area contributed by atoms with Gasteiger partial charge in [0.25, 0.3) is 0 Å². The van der Waals surface area contributed by atoms with Gasteiger partial charge < -0.3 is 15.3 Å². The second-order valence-corrected chi connectivity index (χ2v) is 6.13. The third kappa shape index (κ3) is 6.68. The molecule has 20 heavy (non-hydrogen) atoms. The lowest BCUT2D eigenvalue weighted by Crippen LogP contribution is -2.42. The summed E-state index contributed by atoms with van der Waals surface area (Å²) in [5, 5.41) is 17.1. The Hall–Kier alpha value is -1.39. The molecular formula is C16H26N2O2. The minimum atomic E-state index is -0.566. The number of hydrogen-bond donors (Lipinski definition) is 2. The zero-order valence-electron chi connectivity index (χ0n) is 13.1. The summed E-state index contributed by atoms with van der Waals surface area (Å²) in [6.07, 6.45) is -0.566. The minimum Gasteiger partial charge on any atom is -0.393 e. The first-order valence-electron chi connectivity index (χ1n) is 6.94. The number of β-amino-alcohol motifs (C(OH)–C–C–N with tert-alkyl or cyclic N) is 1. The summed E-state index contributed by atoms with van der Waals surface area (Å²) in [5.41, 5.74) is 3.02. The highest BCUT2D eigenvalue weighted by Gasteiger charge is 2.12. The number of nitrogens with one attached hydrogen (secondary N) is 1. The van der Waals surface area contributed by atoms with Crippen molar-refractivity contribution in [1.82, 2.24) is 5.32 Å². The van der Waals surface area contributed by atoms with Crippen LogP contribution >= 0.6 is 0 Å². The van der Waals surface area contributed by atoms with Gasteiger partial charge in [-0.05, 0) is 40.2 Å². The Bertz CT molecular complexity index is 450. The van der Waals surface area contributed by atoms with E-state index in [0.29, 0.717) is 6.54 Å². The maximum Gasteiger partial charge on any atom is 0.144 e. The average Bonchev–Trinajstić information content (AvgIpc) is 2.35. The number of benzene rings is 1. The predicted molar refractivity (Wildman–Crippen MR) is 83.1 cm³/mol. The van der Waals surface area contributed by atoms with Crippen LogP contribution in [0.1, 0.15) is 38.8 Å². The highest BCUT2D eigenvalue weighted by Crippen LogP contribution is 2.06. The van der Waals surface area contributed by atoms with E-state index in [1.54, 1.807) is 0 Å². The molecule has 0 fully saturated rings. The normalized spacial score (nSPS) is 14.2. The molecule has 1 aromatic rings. The fourth-order valence-electron chi connectivity index (χ4n) is 1.63. The zero-order chi connectivity index (χ0) is 15.2. The number of hydrogen-bond acceptors (Lipinski definition) is 4. The Labute approximate surface area is 121 Å². The van der Waals surface area contributed by atoms with Gasteiger partial charge in [-0.15, -0.1) is 0 Å². The van der Waals surface area contributed by atoms with Crippen LogP contribution in [0.2, 0.25) is 0 Å². The number of nitrogens with zero attached hydrogens (tertiary/aromatic N) is 1. The molecule has 0 aliphatic carbocycles. The number of aliphatic hydroxyl groups is 1. The van der Waals surface area contributed by atoms with Gasteiger partial charge in [0.05, 0.1) is 5.71 Å². The van der Waals surface area contributed by atoms with Crippen molar-refractivity contribution in [3.63, 3.8) is 0 Å². The Morgan fingerprint density at radius 1 is 1.40 bits per heavy atom. The molecule has 1 aromatic carbocycles. The number of oxime groups is 1. The van der Waals surface area contributed by atoms with E-state index in [1.807, 2.05) is 32.0 Å². The molecule has 0 spiro atoms. The number of aryl methyl sites for hydroxylation is 1. The maximum atomic E-state index is 9.78. The Morgan fingerprint density at radius 2 is 2.10 bits per heavy atom.